The molecule has 1 N–H and O–H groups in total. The molecule has 96 valence electrons. The Morgan fingerprint density at radius 1 is 1.17 bits per heavy atom. The van der Waals surface area contributed by atoms with Crippen LogP contribution in [0.15, 0.2) is 41.0 Å². The van der Waals surface area contributed by atoms with Crippen LogP contribution in [-0.2, 0) is 12.8 Å². The van der Waals surface area contributed by atoms with Crippen molar-refractivity contribution in [3.63, 3.8) is 0 Å². The van der Waals surface area contributed by atoms with Gasteiger partial charge in [-0.1, -0.05) is 38.1 Å². The predicted octanol–water partition coefficient (Wildman–Crippen LogP) is 3.71. The second-order valence-electron chi connectivity index (χ2n) is 4.47. The monoisotopic (exact) mass is 243 g/mol. The van der Waals surface area contributed by atoms with E-state index in [2.05, 4.69) is 49.5 Å². The van der Waals surface area contributed by atoms with E-state index in [1.54, 1.807) is 6.26 Å². The van der Waals surface area contributed by atoms with Gasteiger partial charge < -0.3 is 9.73 Å². The van der Waals surface area contributed by atoms with Gasteiger partial charge in [0, 0.05) is 12.0 Å². The Bertz CT molecular complexity index is 501. The molecule has 0 aliphatic carbocycles. The molecule has 0 aliphatic heterocycles. The number of benzene rings is 1. The van der Waals surface area contributed by atoms with Crippen LogP contribution >= 0.6 is 0 Å². The van der Waals surface area contributed by atoms with Gasteiger partial charge in [-0.3, -0.25) is 0 Å². The molecule has 1 atom stereocenters. The van der Waals surface area contributed by atoms with Gasteiger partial charge >= 0.3 is 0 Å². The average Bonchev–Trinajstić information content (AvgIpc) is 2.88. The normalized spacial score (nSPS) is 12.6. The minimum absolute atomic E-state index is 0.213. The average molecular weight is 243 g/mol. The van der Waals surface area contributed by atoms with E-state index in [1.165, 1.54) is 16.7 Å². The standard InChI is InChI=1S/C16H21NO/c1-4-12-7-6-8-13(11-12)16(17-3)14-9-10-18-15(14)5-2/h6-11,16-17H,4-5H2,1-3H3. The number of furan rings is 1. The number of hydrogen-bond acceptors (Lipinski definition) is 2. The summed E-state index contributed by atoms with van der Waals surface area (Å²) in [6.45, 7) is 4.31. The molecular formula is C16H21NO. The van der Waals surface area contributed by atoms with Crippen molar-refractivity contribution in [2.24, 2.45) is 0 Å². The molecule has 0 radical (unpaired) electrons. The van der Waals surface area contributed by atoms with Crippen LogP contribution in [0.3, 0.4) is 0 Å². The molecule has 18 heavy (non-hydrogen) atoms. The van der Waals surface area contributed by atoms with Crippen molar-refractivity contribution in [3.8, 4) is 0 Å². The highest BCUT2D eigenvalue weighted by atomic mass is 16.3. The molecule has 1 aromatic heterocycles. The van der Waals surface area contributed by atoms with Crippen LogP contribution in [-0.4, -0.2) is 7.05 Å². The van der Waals surface area contributed by atoms with Gasteiger partial charge in [-0.15, -0.1) is 0 Å². The zero-order chi connectivity index (χ0) is 13.0. The molecule has 0 fully saturated rings. The highest BCUT2D eigenvalue weighted by molar-refractivity contribution is 5.35. The first-order valence-corrected chi connectivity index (χ1v) is 6.62. The van der Waals surface area contributed by atoms with E-state index >= 15 is 0 Å². The molecule has 0 amide bonds. The highest BCUT2D eigenvalue weighted by Crippen LogP contribution is 2.26. The molecular weight excluding hydrogens is 222 g/mol. The van der Waals surface area contributed by atoms with E-state index in [0.29, 0.717) is 0 Å². The number of hydrogen-bond donors (Lipinski definition) is 1. The van der Waals surface area contributed by atoms with Crippen molar-refractivity contribution in [1.82, 2.24) is 5.32 Å². The van der Waals surface area contributed by atoms with Crippen LogP contribution < -0.4 is 5.32 Å². The van der Waals surface area contributed by atoms with Crippen LogP contribution in [0.1, 0.15) is 42.3 Å². The molecule has 2 heteroatoms. The topological polar surface area (TPSA) is 25.2 Å². The molecule has 1 aromatic carbocycles. The molecule has 1 unspecified atom stereocenters. The summed E-state index contributed by atoms with van der Waals surface area (Å²) in [6, 6.07) is 11.0. The minimum atomic E-state index is 0.213. The van der Waals surface area contributed by atoms with Crippen LogP contribution in [0, 0.1) is 0 Å². The fraction of sp³-hybridized carbons (Fsp3) is 0.375. The van der Waals surface area contributed by atoms with E-state index in [9.17, 15) is 0 Å². The summed E-state index contributed by atoms with van der Waals surface area (Å²) < 4.78 is 5.53. The fourth-order valence-electron chi connectivity index (χ4n) is 2.39. The smallest absolute Gasteiger partial charge is 0.108 e. The summed E-state index contributed by atoms with van der Waals surface area (Å²) in [5, 5.41) is 3.39. The highest BCUT2D eigenvalue weighted by Gasteiger charge is 2.17. The minimum Gasteiger partial charge on any atom is -0.469 e. The van der Waals surface area contributed by atoms with Crippen LogP contribution in [0.25, 0.3) is 0 Å². The lowest BCUT2D eigenvalue weighted by atomic mass is 9.96. The summed E-state index contributed by atoms with van der Waals surface area (Å²) in [5.74, 6) is 1.07. The van der Waals surface area contributed by atoms with Crippen LogP contribution in [0.2, 0.25) is 0 Å². The van der Waals surface area contributed by atoms with Crippen LogP contribution in [0.4, 0.5) is 0 Å². The van der Waals surface area contributed by atoms with Crippen molar-refractivity contribution in [1.29, 1.82) is 0 Å². The zero-order valence-corrected chi connectivity index (χ0v) is 11.4. The maximum Gasteiger partial charge on any atom is 0.108 e. The van der Waals surface area contributed by atoms with Crippen molar-refractivity contribution >= 4 is 0 Å². The van der Waals surface area contributed by atoms with Gasteiger partial charge in [0.25, 0.3) is 0 Å². The largest absolute Gasteiger partial charge is 0.469 e. The predicted molar refractivity (Wildman–Crippen MR) is 74.8 cm³/mol. The third-order valence-corrected chi connectivity index (χ3v) is 3.39. The first kappa shape index (κ1) is 12.9. The molecule has 1 heterocycles. The summed E-state index contributed by atoms with van der Waals surface area (Å²) in [4.78, 5) is 0. The third kappa shape index (κ3) is 2.49. The molecule has 0 saturated heterocycles. The van der Waals surface area contributed by atoms with Gasteiger partial charge in [0.05, 0.1) is 12.3 Å². The lowest BCUT2D eigenvalue weighted by molar-refractivity contribution is 0.505. The first-order chi connectivity index (χ1) is 8.80. The molecule has 0 bridgehead atoms. The van der Waals surface area contributed by atoms with Crippen molar-refractivity contribution < 1.29 is 4.42 Å². The van der Waals surface area contributed by atoms with E-state index in [0.717, 1.165) is 18.6 Å². The maximum absolute atomic E-state index is 5.53. The van der Waals surface area contributed by atoms with Gasteiger partial charge in [-0.2, -0.15) is 0 Å². The van der Waals surface area contributed by atoms with Crippen molar-refractivity contribution in [3.05, 3.63) is 59.0 Å². The fourth-order valence-corrected chi connectivity index (χ4v) is 2.39. The zero-order valence-electron chi connectivity index (χ0n) is 11.4. The van der Waals surface area contributed by atoms with Crippen molar-refractivity contribution in [2.75, 3.05) is 7.05 Å². The van der Waals surface area contributed by atoms with Gasteiger partial charge in [-0.05, 0) is 30.7 Å². The van der Waals surface area contributed by atoms with E-state index in [1.807, 2.05) is 7.05 Å². The summed E-state index contributed by atoms with van der Waals surface area (Å²) in [5.41, 5.74) is 3.91. The van der Waals surface area contributed by atoms with E-state index in [4.69, 9.17) is 4.42 Å². The second-order valence-corrected chi connectivity index (χ2v) is 4.47. The Hall–Kier alpha value is -1.54. The maximum atomic E-state index is 5.53. The Labute approximate surface area is 109 Å². The quantitative estimate of drug-likeness (QED) is 0.866. The van der Waals surface area contributed by atoms with Crippen LogP contribution in [0.5, 0.6) is 0 Å². The SMILES string of the molecule is CCc1cccc(C(NC)c2ccoc2CC)c1. The molecule has 0 spiro atoms. The molecule has 0 saturated carbocycles. The molecule has 2 nitrogen and oxygen atoms in total. The Balaban J connectivity index is 2.38. The van der Waals surface area contributed by atoms with Crippen molar-refractivity contribution in [2.45, 2.75) is 32.7 Å². The molecule has 2 aromatic rings. The second kappa shape index (κ2) is 5.87. The van der Waals surface area contributed by atoms with Gasteiger partial charge in [0.2, 0.25) is 0 Å². The molecule has 2 rings (SSSR count). The molecule has 0 aliphatic rings. The number of aryl methyl sites for hydroxylation is 2. The summed E-state index contributed by atoms with van der Waals surface area (Å²) in [6.07, 6.45) is 3.77. The third-order valence-electron chi connectivity index (χ3n) is 3.39. The van der Waals surface area contributed by atoms with Gasteiger partial charge in [0.15, 0.2) is 0 Å². The van der Waals surface area contributed by atoms with Gasteiger partial charge in [-0.25, -0.2) is 0 Å². The van der Waals surface area contributed by atoms with E-state index < -0.39 is 0 Å². The Morgan fingerprint density at radius 2 is 2.00 bits per heavy atom. The number of nitrogens with one attached hydrogen (secondary N) is 1. The number of rotatable bonds is 5. The first-order valence-electron chi connectivity index (χ1n) is 6.62. The Morgan fingerprint density at radius 3 is 2.67 bits per heavy atom. The van der Waals surface area contributed by atoms with Gasteiger partial charge in [0.1, 0.15) is 5.76 Å². The lowest BCUT2D eigenvalue weighted by Gasteiger charge is -2.17. The lowest BCUT2D eigenvalue weighted by Crippen LogP contribution is -2.18. The summed E-state index contributed by atoms with van der Waals surface area (Å²) >= 11 is 0. The Kier molecular flexibility index (Phi) is 4.21. The summed E-state index contributed by atoms with van der Waals surface area (Å²) in [7, 11) is 2.00. The van der Waals surface area contributed by atoms with E-state index in [-0.39, 0.29) is 6.04 Å².